The Bertz CT molecular complexity index is 1150. The van der Waals surface area contributed by atoms with Gasteiger partial charge in [-0.25, -0.2) is 18.4 Å². The van der Waals surface area contributed by atoms with Crippen LogP contribution in [0.4, 0.5) is 0 Å². The summed E-state index contributed by atoms with van der Waals surface area (Å²) in [5.41, 5.74) is 4.13. The summed E-state index contributed by atoms with van der Waals surface area (Å²) in [6.45, 7) is 6.59. The maximum absolute atomic E-state index is 12.8. The fourth-order valence-electron chi connectivity index (χ4n) is 3.48. The van der Waals surface area contributed by atoms with Crippen LogP contribution < -0.4 is 0 Å². The first kappa shape index (κ1) is 22.0. The number of hydrogen-bond acceptors (Lipinski definition) is 7. The first-order valence-corrected chi connectivity index (χ1v) is 12.5. The molecule has 0 aliphatic carbocycles. The molecule has 1 saturated heterocycles. The van der Waals surface area contributed by atoms with E-state index in [2.05, 4.69) is 27.9 Å². The third-order valence-corrected chi connectivity index (χ3v) is 8.20. The molecule has 0 radical (unpaired) electrons. The van der Waals surface area contributed by atoms with Crippen LogP contribution in [-0.4, -0.2) is 60.8 Å². The van der Waals surface area contributed by atoms with Crippen molar-refractivity contribution in [3.63, 3.8) is 0 Å². The number of rotatable bonds is 6. The van der Waals surface area contributed by atoms with E-state index in [1.165, 1.54) is 27.8 Å². The maximum Gasteiger partial charge on any atom is 0.244 e. The van der Waals surface area contributed by atoms with Gasteiger partial charge in [0.2, 0.25) is 15.9 Å². The van der Waals surface area contributed by atoms with Crippen LogP contribution in [0.3, 0.4) is 0 Å². The van der Waals surface area contributed by atoms with Crippen LogP contribution in [0.1, 0.15) is 16.8 Å². The molecule has 3 heterocycles. The van der Waals surface area contributed by atoms with Crippen molar-refractivity contribution in [3.8, 4) is 11.5 Å². The average Bonchev–Trinajstić information content (AvgIpc) is 3.21. The molecule has 0 spiro atoms. The summed E-state index contributed by atoms with van der Waals surface area (Å²) in [6.07, 6.45) is 3.10. The molecule has 0 amide bonds. The zero-order chi connectivity index (χ0) is 22.0. The minimum Gasteiger partial charge on any atom is -0.444 e. The van der Waals surface area contributed by atoms with Gasteiger partial charge in [0.1, 0.15) is 11.2 Å². The molecule has 0 unspecified atom stereocenters. The van der Waals surface area contributed by atoms with Crippen molar-refractivity contribution in [2.45, 2.75) is 29.5 Å². The quantitative estimate of drug-likeness (QED) is 0.522. The Morgan fingerprint density at radius 1 is 1.10 bits per heavy atom. The van der Waals surface area contributed by atoms with Crippen LogP contribution in [0, 0.1) is 13.8 Å². The number of aromatic nitrogens is 2. The third-order valence-electron chi connectivity index (χ3n) is 5.34. The van der Waals surface area contributed by atoms with Gasteiger partial charge in [-0.15, -0.1) is 0 Å². The van der Waals surface area contributed by atoms with E-state index in [-0.39, 0.29) is 4.90 Å². The van der Waals surface area contributed by atoms with E-state index < -0.39 is 10.0 Å². The summed E-state index contributed by atoms with van der Waals surface area (Å²) in [4.78, 5) is 11.3. The zero-order valence-corrected chi connectivity index (χ0v) is 19.5. The van der Waals surface area contributed by atoms with E-state index in [9.17, 15) is 8.42 Å². The predicted octanol–water partition coefficient (Wildman–Crippen LogP) is 3.58. The Labute approximate surface area is 187 Å². The largest absolute Gasteiger partial charge is 0.444 e. The lowest BCUT2D eigenvalue weighted by Gasteiger charge is -2.31. The molecule has 1 aliphatic heterocycles. The summed E-state index contributed by atoms with van der Waals surface area (Å²) < 4.78 is 32.8. The van der Waals surface area contributed by atoms with E-state index in [4.69, 9.17) is 4.42 Å². The Morgan fingerprint density at radius 3 is 2.55 bits per heavy atom. The highest BCUT2D eigenvalue weighted by Gasteiger charge is 2.27. The van der Waals surface area contributed by atoms with Gasteiger partial charge < -0.3 is 9.32 Å². The van der Waals surface area contributed by atoms with Crippen molar-refractivity contribution < 1.29 is 12.8 Å². The van der Waals surface area contributed by atoms with Gasteiger partial charge in [0.15, 0.2) is 0 Å². The van der Waals surface area contributed by atoms with Crippen LogP contribution in [0.2, 0.25) is 0 Å². The number of piperazine rings is 1. The normalized spacial score (nSPS) is 16.0. The summed E-state index contributed by atoms with van der Waals surface area (Å²) in [5.74, 6) is 1.20. The van der Waals surface area contributed by atoms with Crippen LogP contribution in [0.15, 0.2) is 57.1 Å². The second kappa shape index (κ2) is 9.12. The monoisotopic (exact) mass is 458 g/mol. The first-order valence-electron chi connectivity index (χ1n) is 10.1. The van der Waals surface area contributed by atoms with Crippen molar-refractivity contribution in [1.82, 2.24) is 19.2 Å². The van der Waals surface area contributed by atoms with E-state index in [0.29, 0.717) is 24.7 Å². The molecule has 1 fully saturated rings. The molecule has 0 atom stereocenters. The molecule has 0 bridgehead atoms. The predicted molar refractivity (Wildman–Crippen MR) is 121 cm³/mol. The third kappa shape index (κ3) is 5.01. The van der Waals surface area contributed by atoms with Crippen LogP contribution in [-0.2, 0) is 15.8 Å². The lowest BCUT2D eigenvalue weighted by atomic mass is 10.1. The van der Waals surface area contributed by atoms with Crippen LogP contribution in [0.5, 0.6) is 0 Å². The smallest absolute Gasteiger partial charge is 0.244 e. The minimum atomic E-state index is -3.50. The highest BCUT2D eigenvalue weighted by atomic mass is 32.2. The Kier molecular flexibility index (Phi) is 6.47. The van der Waals surface area contributed by atoms with Crippen molar-refractivity contribution in [2.24, 2.45) is 0 Å². The highest BCUT2D eigenvalue weighted by Crippen LogP contribution is 2.27. The molecular weight excluding hydrogens is 432 g/mol. The minimum absolute atomic E-state index is 0.236. The molecule has 164 valence electrons. The SMILES string of the molecule is Cc1ccc(-c2nc(CSc3ccc(S(=O)(=O)N4CCN(C)CC4)cn3)co2)c(C)c1. The second-order valence-electron chi connectivity index (χ2n) is 7.79. The number of thioether (sulfide) groups is 1. The number of likely N-dealkylation sites (N-methyl/N-ethyl adjacent to an activating group) is 1. The first-order chi connectivity index (χ1) is 14.8. The van der Waals surface area contributed by atoms with Gasteiger partial charge in [0.25, 0.3) is 0 Å². The van der Waals surface area contributed by atoms with Crippen LogP contribution in [0.25, 0.3) is 11.5 Å². The molecule has 9 heteroatoms. The standard InChI is InChI=1S/C22H26N4O3S2/c1-16-4-6-20(17(2)12-16)22-24-18(14-29-22)15-30-21-7-5-19(13-23-21)31(27,28)26-10-8-25(3)9-11-26/h4-7,12-14H,8-11,15H2,1-3H3. The Balaban J connectivity index is 1.39. The molecule has 0 N–H and O–H groups in total. The number of pyridine rings is 1. The molecule has 2 aromatic heterocycles. The fraction of sp³-hybridized carbons (Fsp3) is 0.364. The van der Waals surface area contributed by atoms with Gasteiger partial charge in [0, 0.05) is 43.7 Å². The van der Waals surface area contributed by atoms with E-state index in [1.807, 2.05) is 26.1 Å². The molecule has 4 rings (SSSR count). The van der Waals surface area contributed by atoms with Gasteiger partial charge in [0.05, 0.1) is 10.7 Å². The lowest BCUT2D eigenvalue weighted by molar-refractivity contribution is 0.222. The van der Waals surface area contributed by atoms with E-state index in [1.54, 1.807) is 18.4 Å². The Hall–Kier alpha value is -2.20. The average molecular weight is 459 g/mol. The topological polar surface area (TPSA) is 79.5 Å². The fourth-order valence-corrected chi connectivity index (χ4v) is 5.57. The Morgan fingerprint density at radius 2 is 1.87 bits per heavy atom. The lowest BCUT2D eigenvalue weighted by Crippen LogP contribution is -2.47. The van der Waals surface area contributed by atoms with E-state index >= 15 is 0 Å². The van der Waals surface area contributed by atoms with Crippen LogP contribution >= 0.6 is 11.8 Å². The van der Waals surface area contributed by atoms with E-state index in [0.717, 1.165) is 34.9 Å². The summed E-state index contributed by atoms with van der Waals surface area (Å²) in [6, 6.07) is 9.55. The summed E-state index contributed by atoms with van der Waals surface area (Å²) in [7, 11) is -1.50. The van der Waals surface area contributed by atoms with Crippen molar-refractivity contribution in [1.29, 1.82) is 0 Å². The zero-order valence-electron chi connectivity index (χ0n) is 17.9. The molecular formula is C22H26N4O3S2. The molecule has 31 heavy (non-hydrogen) atoms. The summed E-state index contributed by atoms with van der Waals surface area (Å²) >= 11 is 1.50. The molecule has 3 aromatic rings. The molecule has 1 aliphatic rings. The van der Waals surface area contributed by atoms with Crippen molar-refractivity contribution in [2.75, 3.05) is 33.2 Å². The second-order valence-corrected chi connectivity index (χ2v) is 10.7. The molecule has 7 nitrogen and oxygen atoms in total. The molecule has 0 saturated carbocycles. The number of benzene rings is 1. The number of nitrogens with zero attached hydrogens (tertiary/aromatic N) is 4. The number of oxazole rings is 1. The number of hydrogen-bond donors (Lipinski definition) is 0. The molecule has 1 aromatic carbocycles. The van der Waals surface area contributed by atoms with Crippen molar-refractivity contribution >= 4 is 21.8 Å². The van der Waals surface area contributed by atoms with Gasteiger partial charge in [-0.05, 0) is 44.7 Å². The van der Waals surface area contributed by atoms with Gasteiger partial charge in [-0.2, -0.15) is 4.31 Å². The van der Waals surface area contributed by atoms with Gasteiger partial charge in [-0.1, -0.05) is 29.5 Å². The highest BCUT2D eigenvalue weighted by molar-refractivity contribution is 7.98. The number of aryl methyl sites for hydroxylation is 2. The van der Waals surface area contributed by atoms with Gasteiger partial charge >= 0.3 is 0 Å². The maximum atomic E-state index is 12.8. The number of sulfonamides is 1. The van der Waals surface area contributed by atoms with Crippen molar-refractivity contribution in [3.05, 3.63) is 59.6 Å². The summed E-state index contributed by atoms with van der Waals surface area (Å²) in [5, 5.41) is 0.744. The van der Waals surface area contributed by atoms with Gasteiger partial charge in [-0.3, -0.25) is 0 Å².